The first-order valence-corrected chi connectivity index (χ1v) is 7.61. The summed E-state index contributed by atoms with van der Waals surface area (Å²) in [7, 11) is 0. The van der Waals surface area contributed by atoms with Crippen molar-refractivity contribution in [1.82, 2.24) is 9.69 Å². The summed E-state index contributed by atoms with van der Waals surface area (Å²) in [6.45, 7) is 8.17. The van der Waals surface area contributed by atoms with Crippen LogP contribution in [0, 0.1) is 5.92 Å². The fourth-order valence-corrected chi connectivity index (χ4v) is 2.89. The molecule has 0 saturated heterocycles. The van der Waals surface area contributed by atoms with Gasteiger partial charge in [0.25, 0.3) is 5.91 Å². The lowest BCUT2D eigenvalue weighted by molar-refractivity contribution is 0.0952. The van der Waals surface area contributed by atoms with Crippen molar-refractivity contribution in [1.29, 1.82) is 0 Å². The molecule has 0 spiro atoms. The van der Waals surface area contributed by atoms with Crippen LogP contribution in [0.15, 0.2) is 0 Å². The molecule has 1 aliphatic rings. The molecule has 1 amide bonds. The molecule has 3 N–H and O–H groups in total. The number of aromatic nitrogens is 1. The monoisotopic (exact) mass is 282 g/mol. The van der Waals surface area contributed by atoms with Gasteiger partial charge in [-0.05, 0) is 37.2 Å². The van der Waals surface area contributed by atoms with E-state index in [2.05, 4.69) is 35.4 Å². The van der Waals surface area contributed by atoms with Gasteiger partial charge in [0.2, 0.25) is 0 Å². The van der Waals surface area contributed by atoms with Crippen LogP contribution in [0.25, 0.3) is 0 Å². The van der Waals surface area contributed by atoms with E-state index >= 15 is 0 Å². The number of rotatable bonds is 6. The summed E-state index contributed by atoms with van der Waals surface area (Å²) in [6, 6.07) is 0.333. The minimum absolute atomic E-state index is 0.0778. The van der Waals surface area contributed by atoms with Gasteiger partial charge < -0.3 is 16.0 Å². The fourth-order valence-electron chi connectivity index (χ4n) is 2.00. The summed E-state index contributed by atoms with van der Waals surface area (Å²) in [6.07, 6.45) is 2.14. The number of anilines is 2. The average Bonchev–Trinajstić information content (AvgIpc) is 3.06. The third kappa shape index (κ3) is 3.37. The van der Waals surface area contributed by atoms with Crippen molar-refractivity contribution in [3.63, 3.8) is 0 Å². The Morgan fingerprint density at radius 1 is 1.58 bits per heavy atom. The zero-order chi connectivity index (χ0) is 14.0. The molecule has 0 aromatic carbocycles. The lowest BCUT2D eigenvalue weighted by atomic mass is 10.2. The maximum Gasteiger partial charge on any atom is 0.258 e. The number of nitrogen functional groups attached to an aromatic ring is 1. The molecule has 1 saturated carbocycles. The topological polar surface area (TPSA) is 71.2 Å². The SMILES string of the molecule is CCN(CC(C)C)c1snc(N)c1C(=O)NC1CC1. The van der Waals surface area contributed by atoms with Gasteiger partial charge in [-0.3, -0.25) is 4.79 Å². The lowest BCUT2D eigenvalue weighted by Crippen LogP contribution is -2.31. The summed E-state index contributed by atoms with van der Waals surface area (Å²) in [5, 5.41) is 3.89. The highest BCUT2D eigenvalue weighted by molar-refractivity contribution is 7.11. The van der Waals surface area contributed by atoms with Gasteiger partial charge in [-0.2, -0.15) is 4.37 Å². The number of hydrogen-bond donors (Lipinski definition) is 2. The average molecular weight is 282 g/mol. The Kier molecular flexibility index (Phi) is 4.29. The Morgan fingerprint density at radius 2 is 2.26 bits per heavy atom. The zero-order valence-electron chi connectivity index (χ0n) is 11.8. The number of hydrogen-bond acceptors (Lipinski definition) is 5. The fraction of sp³-hybridized carbons (Fsp3) is 0.692. The van der Waals surface area contributed by atoms with Crippen LogP contribution >= 0.6 is 11.5 Å². The minimum atomic E-state index is -0.0778. The number of nitrogens with one attached hydrogen (secondary N) is 1. The third-order valence-corrected chi connectivity index (χ3v) is 4.02. The predicted molar refractivity (Wildman–Crippen MR) is 79.7 cm³/mol. The van der Waals surface area contributed by atoms with Gasteiger partial charge in [-0.25, -0.2) is 0 Å². The van der Waals surface area contributed by atoms with Gasteiger partial charge in [0.05, 0.1) is 0 Å². The van der Waals surface area contributed by atoms with Crippen molar-refractivity contribution in [3.05, 3.63) is 5.56 Å². The maximum atomic E-state index is 12.3. The summed E-state index contributed by atoms with van der Waals surface area (Å²) in [4.78, 5) is 14.4. The van der Waals surface area contributed by atoms with E-state index in [1.165, 1.54) is 11.5 Å². The van der Waals surface area contributed by atoms with Crippen molar-refractivity contribution < 1.29 is 4.79 Å². The Balaban J connectivity index is 2.21. The number of carbonyl (C=O) groups is 1. The van der Waals surface area contributed by atoms with Gasteiger partial charge in [0.1, 0.15) is 10.6 Å². The first-order valence-electron chi connectivity index (χ1n) is 6.83. The molecule has 1 aromatic rings. The van der Waals surface area contributed by atoms with E-state index in [1.54, 1.807) is 0 Å². The van der Waals surface area contributed by atoms with Crippen molar-refractivity contribution in [2.24, 2.45) is 5.92 Å². The molecule has 1 aromatic heterocycles. The molecule has 0 atom stereocenters. The van der Waals surface area contributed by atoms with E-state index in [-0.39, 0.29) is 5.91 Å². The Bertz CT molecular complexity index is 453. The highest BCUT2D eigenvalue weighted by Crippen LogP contribution is 2.32. The van der Waals surface area contributed by atoms with Crippen LogP contribution in [0.5, 0.6) is 0 Å². The minimum Gasteiger partial charge on any atom is -0.382 e. The van der Waals surface area contributed by atoms with E-state index in [0.29, 0.717) is 23.3 Å². The van der Waals surface area contributed by atoms with E-state index in [0.717, 1.165) is 30.9 Å². The molecular weight excluding hydrogens is 260 g/mol. The number of amides is 1. The van der Waals surface area contributed by atoms with Crippen LogP contribution in [-0.4, -0.2) is 29.4 Å². The van der Waals surface area contributed by atoms with Crippen LogP contribution in [0.1, 0.15) is 44.0 Å². The van der Waals surface area contributed by atoms with E-state index < -0.39 is 0 Å². The summed E-state index contributed by atoms with van der Waals surface area (Å²) >= 11 is 1.32. The Labute approximate surface area is 118 Å². The van der Waals surface area contributed by atoms with Gasteiger partial charge >= 0.3 is 0 Å². The van der Waals surface area contributed by atoms with Gasteiger partial charge in [0.15, 0.2) is 5.82 Å². The van der Waals surface area contributed by atoms with Crippen molar-refractivity contribution in [2.45, 2.75) is 39.7 Å². The molecule has 1 heterocycles. The summed E-state index contributed by atoms with van der Waals surface area (Å²) in [5.41, 5.74) is 6.43. The molecule has 0 unspecified atom stereocenters. The highest BCUT2D eigenvalue weighted by Gasteiger charge is 2.28. The number of nitrogens with two attached hydrogens (primary N) is 1. The second-order valence-corrected chi connectivity index (χ2v) is 6.18. The molecule has 6 heteroatoms. The van der Waals surface area contributed by atoms with Crippen molar-refractivity contribution in [3.8, 4) is 0 Å². The van der Waals surface area contributed by atoms with Crippen LogP contribution in [0.3, 0.4) is 0 Å². The highest BCUT2D eigenvalue weighted by atomic mass is 32.1. The predicted octanol–water partition coefficient (Wildman–Crippen LogP) is 2.10. The quantitative estimate of drug-likeness (QED) is 0.838. The first kappa shape index (κ1) is 14.1. The van der Waals surface area contributed by atoms with Crippen LogP contribution in [-0.2, 0) is 0 Å². The van der Waals surface area contributed by atoms with Gasteiger partial charge in [-0.15, -0.1) is 0 Å². The molecule has 1 fully saturated rings. The Morgan fingerprint density at radius 3 is 2.79 bits per heavy atom. The Hall–Kier alpha value is -1.30. The van der Waals surface area contributed by atoms with Crippen molar-refractivity contribution in [2.75, 3.05) is 23.7 Å². The number of nitrogens with zero attached hydrogens (tertiary/aromatic N) is 2. The standard InChI is InChI=1S/C13H22N4OS/c1-4-17(7-8(2)3)13-10(11(14)16-19-13)12(18)15-9-5-6-9/h8-9H,4-7H2,1-3H3,(H2,14,16)(H,15,18). The largest absolute Gasteiger partial charge is 0.382 e. The molecule has 106 valence electrons. The maximum absolute atomic E-state index is 12.3. The molecule has 19 heavy (non-hydrogen) atoms. The molecular formula is C13H22N4OS. The zero-order valence-corrected chi connectivity index (χ0v) is 12.6. The van der Waals surface area contributed by atoms with Gasteiger partial charge in [-0.1, -0.05) is 13.8 Å². The molecule has 0 radical (unpaired) electrons. The number of carbonyl (C=O) groups excluding carboxylic acids is 1. The van der Waals surface area contributed by atoms with Crippen molar-refractivity contribution >= 4 is 28.3 Å². The van der Waals surface area contributed by atoms with Gasteiger partial charge in [0, 0.05) is 19.1 Å². The third-order valence-electron chi connectivity index (χ3n) is 3.09. The van der Waals surface area contributed by atoms with E-state index in [1.807, 2.05) is 0 Å². The smallest absolute Gasteiger partial charge is 0.258 e. The molecule has 0 bridgehead atoms. The second kappa shape index (κ2) is 5.77. The van der Waals surface area contributed by atoms with E-state index in [9.17, 15) is 4.79 Å². The summed E-state index contributed by atoms with van der Waals surface area (Å²) in [5.74, 6) is 0.800. The van der Waals surface area contributed by atoms with Crippen LogP contribution < -0.4 is 16.0 Å². The molecule has 2 rings (SSSR count). The lowest BCUT2D eigenvalue weighted by Gasteiger charge is -2.24. The van der Waals surface area contributed by atoms with E-state index in [4.69, 9.17) is 5.73 Å². The molecule has 0 aliphatic heterocycles. The van der Waals surface area contributed by atoms with Crippen LogP contribution in [0.4, 0.5) is 10.8 Å². The summed E-state index contributed by atoms with van der Waals surface area (Å²) < 4.78 is 4.16. The molecule has 5 nitrogen and oxygen atoms in total. The second-order valence-electron chi connectivity index (χ2n) is 5.43. The normalized spacial score (nSPS) is 14.7. The molecule has 1 aliphatic carbocycles. The first-order chi connectivity index (χ1) is 9.02. The van der Waals surface area contributed by atoms with Crippen LogP contribution in [0.2, 0.25) is 0 Å².